The zero-order valence-electron chi connectivity index (χ0n) is 21.8. The fourth-order valence-corrected chi connectivity index (χ4v) is 4.15. The van der Waals surface area contributed by atoms with Crippen LogP contribution in [-0.2, 0) is 31.9 Å². The summed E-state index contributed by atoms with van der Waals surface area (Å²) < 4.78 is 25.8. The Morgan fingerprint density at radius 1 is 1.09 bits per heavy atom. The van der Waals surface area contributed by atoms with Crippen molar-refractivity contribution >= 4 is 29.5 Å². The van der Waals surface area contributed by atoms with Gasteiger partial charge in [-0.05, 0) is 66.1 Å². The lowest BCUT2D eigenvalue weighted by Crippen LogP contribution is -2.41. The van der Waals surface area contributed by atoms with Gasteiger partial charge < -0.3 is 18.8 Å². The van der Waals surface area contributed by atoms with Crippen molar-refractivity contribution in [3.05, 3.63) is 53.7 Å². The first-order chi connectivity index (χ1) is 16.5. The molecule has 0 N–H and O–H groups in total. The van der Waals surface area contributed by atoms with Gasteiger partial charge in [-0.2, -0.15) is 5.10 Å². The molecule has 186 valence electrons. The van der Waals surface area contributed by atoms with E-state index in [1.54, 1.807) is 6.92 Å². The number of fused-ring (bicyclic) bond motifs is 1. The van der Waals surface area contributed by atoms with Crippen molar-refractivity contribution in [1.82, 2.24) is 9.78 Å². The standard InChI is InChI=1S/C27H35BN2O5/c1-8-32-25(31)15-19-11-9-10-12-24(19)33-17-22-21-16-20(13-14-23(21)30(29-22)18(2)3)28-34-26(4,5)27(6,7)35-28/h9-14,16,18H,8,15,17H2,1-7H3. The van der Waals surface area contributed by atoms with Crippen LogP contribution in [0.4, 0.5) is 0 Å². The van der Waals surface area contributed by atoms with Crippen LogP contribution in [0.15, 0.2) is 42.5 Å². The van der Waals surface area contributed by atoms with E-state index in [0.717, 1.165) is 27.6 Å². The minimum absolute atomic E-state index is 0.164. The molecule has 1 aromatic heterocycles. The van der Waals surface area contributed by atoms with E-state index in [0.29, 0.717) is 12.4 Å². The molecule has 2 aromatic carbocycles. The number of nitrogens with zero attached hydrogens (tertiary/aromatic N) is 2. The molecule has 0 bridgehead atoms. The van der Waals surface area contributed by atoms with Gasteiger partial charge in [0.25, 0.3) is 0 Å². The summed E-state index contributed by atoms with van der Waals surface area (Å²) in [6, 6.07) is 13.9. The molecule has 0 saturated carbocycles. The zero-order chi connectivity index (χ0) is 25.4. The van der Waals surface area contributed by atoms with Gasteiger partial charge in [0.2, 0.25) is 0 Å². The number of esters is 1. The average molecular weight is 478 g/mol. The van der Waals surface area contributed by atoms with Crippen molar-refractivity contribution in [2.24, 2.45) is 0 Å². The van der Waals surface area contributed by atoms with Crippen LogP contribution in [0, 0.1) is 0 Å². The molecule has 0 unspecified atom stereocenters. The summed E-state index contributed by atoms with van der Waals surface area (Å²) in [6.07, 6.45) is 0.164. The van der Waals surface area contributed by atoms with E-state index in [9.17, 15) is 4.79 Å². The van der Waals surface area contributed by atoms with E-state index in [4.69, 9.17) is 23.9 Å². The van der Waals surface area contributed by atoms with E-state index >= 15 is 0 Å². The minimum Gasteiger partial charge on any atom is -0.487 e. The van der Waals surface area contributed by atoms with Gasteiger partial charge in [-0.25, -0.2) is 0 Å². The average Bonchev–Trinajstić information content (AvgIpc) is 3.26. The van der Waals surface area contributed by atoms with Gasteiger partial charge in [0.1, 0.15) is 18.1 Å². The molecular formula is C27H35BN2O5. The predicted octanol–water partition coefficient (Wildman–Crippen LogP) is 4.60. The lowest BCUT2D eigenvalue weighted by atomic mass is 9.78. The second-order valence-corrected chi connectivity index (χ2v) is 10.2. The van der Waals surface area contributed by atoms with Crippen molar-refractivity contribution in [3.8, 4) is 5.75 Å². The van der Waals surface area contributed by atoms with Crippen LogP contribution < -0.4 is 10.2 Å². The number of carbonyl (C=O) groups is 1. The molecule has 35 heavy (non-hydrogen) atoms. The van der Waals surface area contributed by atoms with Crippen LogP contribution >= 0.6 is 0 Å². The minimum atomic E-state index is -0.453. The summed E-state index contributed by atoms with van der Waals surface area (Å²) in [5.74, 6) is 0.375. The molecule has 0 atom stereocenters. The molecule has 1 fully saturated rings. The molecule has 3 aromatic rings. The topological polar surface area (TPSA) is 71.8 Å². The Morgan fingerprint density at radius 3 is 2.43 bits per heavy atom. The van der Waals surface area contributed by atoms with Crippen molar-refractivity contribution in [2.45, 2.75) is 78.7 Å². The molecule has 0 spiro atoms. The van der Waals surface area contributed by atoms with E-state index in [2.05, 4.69) is 53.7 Å². The molecular weight excluding hydrogens is 443 g/mol. The number of rotatable bonds is 8. The van der Waals surface area contributed by atoms with Crippen molar-refractivity contribution in [2.75, 3.05) is 6.61 Å². The summed E-state index contributed by atoms with van der Waals surface area (Å²) in [5, 5.41) is 5.86. The smallest absolute Gasteiger partial charge is 0.487 e. The van der Waals surface area contributed by atoms with Crippen LogP contribution in [0.1, 0.15) is 65.8 Å². The van der Waals surface area contributed by atoms with Gasteiger partial charge in [-0.1, -0.05) is 30.3 Å². The SMILES string of the molecule is CCOC(=O)Cc1ccccc1OCc1nn(C(C)C)c2ccc(B3OC(C)(C)C(C)(C)O3)cc12. The highest BCUT2D eigenvalue weighted by atomic mass is 16.7. The third-order valence-electron chi connectivity index (χ3n) is 6.80. The molecule has 1 saturated heterocycles. The second kappa shape index (κ2) is 9.67. The Morgan fingerprint density at radius 2 is 1.77 bits per heavy atom. The molecule has 4 rings (SSSR count). The van der Waals surface area contributed by atoms with Gasteiger partial charge in [0.15, 0.2) is 0 Å². The largest absolute Gasteiger partial charge is 0.494 e. The monoisotopic (exact) mass is 478 g/mol. The van der Waals surface area contributed by atoms with E-state index < -0.39 is 18.3 Å². The first-order valence-corrected chi connectivity index (χ1v) is 12.3. The molecule has 7 nitrogen and oxygen atoms in total. The fraction of sp³-hybridized carbons (Fsp3) is 0.481. The van der Waals surface area contributed by atoms with Crippen molar-refractivity contribution in [1.29, 1.82) is 0 Å². The van der Waals surface area contributed by atoms with Gasteiger partial charge in [-0.15, -0.1) is 0 Å². The van der Waals surface area contributed by atoms with Crippen molar-refractivity contribution in [3.63, 3.8) is 0 Å². The van der Waals surface area contributed by atoms with Crippen LogP contribution in [-0.4, -0.2) is 40.7 Å². The lowest BCUT2D eigenvalue weighted by Gasteiger charge is -2.32. The van der Waals surface area contributed by atoms with Crippen LogP contribution in [0.3, 0.4) is 0 Å². The Balaban J connectivity index is 1.63. The van der Waals surface area contributed by atoms with Crippen LogP contribution in [0.5, 0.6) is 5.75 Å². The molecule has 0 amide bonds. The Hall–Kier alpha value is -2.84. The quantitative estimate of drug-likeness (QED) is 0.348. The van der Waals surface area contributed by atoms with E-state index in [1.165, 1.54) is 0 Å². The third-order valence-corrected chi connectivity index (χ3v) is 6.80. The number of hydrogen-bond acceptors (Lipinski definition) is 6. The highest BCUT2D eigenvalue weighted by molar-refractivity contribution is 6.62. The number of hydrogen-bond donors (Lipinski definition) is 0. The first-order valence-electron chi connectivity index (χ1n) is 12.3. The molecule has 2 heterocycles. The van der Waals surface area contributed by atoms with E-state index in [1.807, 2.05) is 35.0 Å². The normalized spacial score (nSPS) is 16.7. The fourth-order valence-electron chi connectivity index (χ4n) is 4.15. The van der Waals surface area contributed by atoms with Crippen LogP contribution in [0.25, 0.3) is 10.9 Å². The van der Waals surface area contributed by atoms with Gasteiger partial charge in [0, 0.05) is 17.0 Å². The summed E-state index contributed by atoms with van der Waals surface area (Å²) in [5.41, 5.74) is 2.75. The number of aromatic nitrogens is 2. The maximum atomic E-state index is 12.0. The molecule has 0 aliphatic carbocycles. The van der Waals surface area contributed by atoms with E-state index in [-0.39, 0.29) is 25.0 Å². The number of benzene rings is 2. The second-order valence-electron chi connectivity index (χ2n) is 10.2. The zero-order valence-corrected chi connectivity index (χ0v) is 21.8. The van der Waals surface area contributed by atoms with Crippen molar-refractivity contribution < 1.29 is 23.6 Å². The molecule has 0 radical (unpaired) electrons. The lowest BCUT2D eigenvalue weighted by molar-refractivity contribution is -0.142. The first kappa shape index (κ1) is 25.3. The highest BCUT2D eigenvalue weighted by Crippen LogP contribution is 2.37. The molecule has 1 aliphatic heterocycles. The van der Waals surface area contributed by atoms with Gasteiger partial charge in [-0.3, -0.25) is 9.48 Å². The third kappa shape index (κ3) is 5.09. The maximum absolute atomic E-state index is 12.0. The summed E-state index contributed by atoms with van der Waals surface area (Å²) in [4.78, 5) is 12.0. The summed E-state index contributed by atoms with van der Waals surface area (Å²) in [7, 11) is -0.453. The number of para-hydroxylation sites is 1. The van der Waals surface area contributed by atoms with Crippen LogP contribution in [0.2, 0.25) is 0 Å². The van der Waals surface area contributed by atoms with Gasteiger partial charge >= 0.3 is 13.1 Å². The summed E-state index contributed by atoms with van der Waals surface area (Å²) in [6.45, 7) is 14.8. The Kier molecular flexibility index (Phi) is 6.98. The number of carbonyl (C=O) groups excluding carboxylic acids is 1. The maximum Gasteiger partial charge on any atom is 0.494 e. The Bertz CT molecular complexity index is 1200. The molecule has 8 heteroatoms. The predicted molar refractivity (Wildman–Crippen MR) is 137 cm³/mol. The number of ether oxygens (including phenoxy) is 2. The van der Waals surface area contributed by atoms with Gasteiger partial charge in [0.05, 0.1) is 29.7 Å². The summed E-state index contributed by atoms with van der Waals surface area (Å²) >= 11 is 0. The highest BCUT2D eigenvalue weighted by Gasteiger charge is 2.51. The molecule has 1 aliphatic rings. The Labute approximate surface area is 207 Å².